The summed E-state index contributed by atoms with van der Waals surface area (Å²) in [6.45, 7) is 2.19. The van der Waals surface area contributed by atoms with Crippen LogP contribution in [0.1, 0.15) is 51.5 Å². The molecule has 19 heteroatoms. The van der Waals surface area contributed by atoms with Crippen LogP contribution in [0.2, 0.25) is 0 Å². The number of ketones is 1. The average Bonchev–Trinajstić information content (AvgIpc) is 2.99. The first-order valence-electron chi connectivity index (χ1n) is 14.8. The lowest BCUT2D eigenvalue weighted by Gasteiger charge is -2.31. The molecule has 0 fully saturated rings. The third kappa shape index (κ3) is 12.0. The van der Waals surface area contributed by atoms with Crippen LogP contribution < -0.4 is 38.5 Å². The van der Waals surface area contributed by atoms with Crippen molar-refractivity contribution in [2.45, 2.75) is 82.8 Å². The number of carboxylic acid groups (broad SMARTS) is 1. The van der Waals surface area contributed by atoms with E-state index in [0.717, 1.165) is 4.90 Å². The van der Waals surface area contributed by atoms with Crippen molar-refractivity contribution in [3.05, 3.63) is 29.8 Å². The number of amides is 8. The summed E-state index contributed by atoms with van der Waals surface area (Å²) in [5, 5.41) is 18.7. The minimum Gasteiger partial charge on any atom is -0.481 e. The minimum absolute atomic E-state index is 0.0996. The summed E-state index contributed by atoms with van der Waals surface area (Å²) >= 11 is 0. The molecule has 1 aromatic rings. The molecule has 0 bridgehead atoms. The zero-order valence-electron chi connectivity index (χ0n) is 26.4. The van der Waals surface area contributed by atoms with Crippen molar-refractivity contribution in [2.24, 2.45) is 17.2 Å². The van der Waals surface area contributed by atoms with Crippen molar-refractivity contribution in [1.82, 2.24) is 20.9 Å². The lowest BCUT2D eigenvalue weighted by Crippen LogP contribution is -2.59. The molecule has 1 aliphatic heterocycles. The number of ether oxygens (including phenoxy) is 1. The molecule has 1 aliphatic rings. The maximum absolute atomic E-state index is 13.5. The van der Waals surface area contributed by atoms with Gasteiger partial charge >= 0.3 is 12.0 Å². The topological polar surface area (TPSA) is 313 Å². The molecule has 2 unspecified atom stereocenters. The Labute approximate surface area is 274 Å². The first kappa shape index (κ1) is 38.6. The van der Waals surface area contributed by atoms with Gasteiger partial charge in [-0.2, -0.15) is 0 Å². The summed E-state index contributed by atoms with van der Waals surface area (Å²) in [5.74, 6) is -8.61. The SMILES string of the molecule is CC[C@@H](C)N1CC(=O)[C@@H](CC(=O)O)OCc2ccccc2NC(=O)C(CC(N)=O)NC(=O)[C@H](CC(N)=O)NC(=O)C(CC(N)=O)NC1=O. The Bertz CT molecular complexity index is 1440. The van der Waals surface area contributed by atoms with Crippen LogP contribution in [0.5, 0.6) is 0 Å². The monoisotopic (exact) mass is 676 g/mol. The van der Waals surface area contributed by atoms with Gasteiger partial charge in [-0.05, 0) is 19.4 Å². The minimum atomic E-state index is -1.77. The van der Waals surface area contributed by atoms with Gasteiger partial charge in [0.1, 0.15) is 24.2 Å². The van der Waals surface area contributed by atoms with E-state index in [1.54, 1.807) is 19.9 Å². The smallest absolute Gasteiger partial charge is 0.318 e. The van der Waals surface area contributed by atoms with Gasteiger partial charge in [0.2, 0.25) is 35.4 Å². The number of carbonyl (C=O) groups is 9. The van der Waals surface area contributed by atoms with Gasteiger partial charge in [0.05, 0.1) is 38.8 Å². The van der Waals surface area contributed by atoms with Crippen LogP contribution in [0.15, 0.2) is 24.3 Å². The van der Waals surface area contributed by atoms with E-state index in [9.17, 15) is 48.3 Å². The quantitative estimate of drug-likeness (QED) is 0.126. The van der Waals surface area contributed by atoms with Gasteiger partial charge in [-0.1, -0.05) is 25.1 Å². The van der Waals surface area contributed by atoms with E-state index in [2.05, 4.69) is 21.3 Å². The van der Waals surface area contributed by atoms with E-state index in [1.807, 2.05) is 0 Å². The van der Waals surface area contributed by atoms with Crippen LogP contribution in [0, 0.1) is 0 Å². The molecule has 11 N–H and O–H groups in total. The average molecular weight is 677 g/mol. The van der Waals surface area contributed by atoms with Crippen LogP contribution in [-0.2, 0) is 49.7 Å². The highest BCUT2D eigenvalue weighted by molar-refractivity contribution is 6.02. The third-order valence-corrected chi connectivity index (χ3v) is 7.24. The number of primary amides is 3. The van der Waals surface area contributed by atoms with Gasteiger partial charge in [-0.3, -0.25) is 38.4 Å². The Morgan fingerprint density at radius 1 is 0.833 bits per heavy atom. The number of rotatable bonds is 10. The predicted molar refractivity (Wildman–Crippen MR) is 165 cm³/mol. The highest BCUT2D eigenvalue weighted by atomic mass is 16.5. The molecule has 0 aliphatic carbocycles. The summed E-state index contributed by atoms with van der Waals surface area (Å²) in [4.78, 5) is 115. The number of hydrogen-bond donors (Lipinski definition) is 8. The van der Waals surface area contributed by atoms with E-state index in [1.165, 1.54) is 18.2 Å². The lowest BCUT2D eigenvalue weighted by molar-refractivity contribution is -0.146. The zero-order chi connectivity index (χ0) is 36.1. The predicted octanol–water partition coefficient (Wildman–Crippen LogP) is -2.66. The molecule has 0 radical (unpaired) electrons. The van der Waals surface area contributed by atoms with Crippen LogP contribution in [0.25, 0.3) is 0 Å². The summed E-state index contributed by atoms with van der Waals surface area (Å²) in [6, 6.07) is -0.816. The number of para-hydroxylation sites is 1. The molecule has 0 saturated heterocycles. The first-order valence-corrected chi connectivity index (χ1v) is 14.8. The van der Waals surface area contributed by atoms with Crippen molar-refractivity contribution in [1.29, 1.82) is 0 Å². The van der Waals surface area contributed by atoms with Crippen LogP contribution >= 0.6 is 0 Å². The number of anilines is 1. The Hall–Kier alpha value is -5.59. The molecular weight excluding hydrogens is 636 g/mol. The van der Waals surface area contributed by atoms with Crippen LogP contribution in [0.3, 0.4) is 0 Å². The van der Waals surface area contributed by atoms with E-state index in [4.69, 9.17) is 21.9 Å². The van der Waals surface area contributed by atoms with Gasteiger partial charge in [-0.25, -0.2) is 4.79 Å². The van der Waals surface area contributed by atoms with Gasteiger partial charge in [-0.15, -0.1) is 0 Å². The molecule has 19 nitrogen and oxygen atoms in total. The molecular formula is C29H40N8O11. The van der Waals surface area contributed by atoms with Crippen LogP contribution in [0.4, 0.5) is 10.5 Å². The molecule has 5 atom stereocenters. The fourth-order valence-electron chi connectivity index (χ4n) is 4.53. The fraction of sp³-hybridized carbons (Fsp3) is 0.483. The van der Waals surface area contributed by atoms with Crippen molar-refractivity contribution >= 4 is 58.9 Å². The second-order valence-corrected chi connectivity index (χ2v) is 11.0. The van der Waals surface area contributed by atoms with Crippen molar-refractivity contribution in [2.75, 3.05) is 11.9 Å². The molecule has 0 spiro atoms. The van der Waals surface area contributed by atoms with Crippen molar-refractivity contribution in [3.63, 3.8) is 0 Å². The summed E-state index contributed by atoms with van der Waals surface area (Å²) < 4.78 is 5.69. The van der Waals surface area contributed by atoms with E-state index >= 15 is 0 Å². The number of nitrogens with zero attached hydrogens (tertiary/aromatic N) is 1. The van der Waals surface area contributed by atoms with Gasteiger partial charge in [0.25, 0.3) is 0 Å². The zero-order valence-corrected chi connectivity index (χ0v) is 26.4. The lowest BCUT2D eigenvalue weighted by atomic mass is 10.1. The molecule has 8 amide bonds. The number of carbonyl (C=O) groups excluding carboxylic acids is 8. The van der Waals surface area contributed by atoms with Crippen molar-refractivity contribution < 1.29 is 53.0 Å². The number of urea groups is 1. The maximum atomic E-state index is 13.5. The number of nitrogens with one attached hydrogen (secondary N) is 4. The van der Waals surface area contributed by atoms with Crippen molar-refractivity contribution in [3.8, 4) is 0 Å². The second kappa shape index (κ2) is 17.9. The summed E-state index contributed by atoms with van der Waals surface area (Å²) in [5.41, 5.74) is 16.2. The van der Waals surface area contributed by atoms with E-state index < -0.39 is 122 Å². The number of nitrogens with two attached hydrogens (primary N) is 3. The maximum Gasteiger partial charge on any atom is 0.318 e. The number of benzene rings is 1. The Morgan fingerprint density at radius 3 is 1.83 bits per heavy atom. The summed E-state index contributed by atoms with van der Waals surface area (Å²) in [7, 11) is 0. The van der Waals surface area contributed by atoms with Gasteiger partial charge < -0.3 is 53.2 Å². The van der Waals surface area contributed by atoms with Crippen LogP contribution in [-0.4, -0.2) is 100 Å². The first-order chi connectivity index (χ1) is 22.5. The molecule has 0 aromatic heterocycles. The normalized spacial score (nSPS) is 22.3. The molecule has 1 heterocycles. The van der Waals surface area contributed by atoms with Gasteiger partial charge in [0, 0.05) is 17.3 Å². The highest BCUT2D eigenvalue weighted by Gasteiger charge is 2.35. The number of Topliss-reactive ketones (excluding diaryl/α,β-unsaturated/α-hetero) is 1. The molecule has 1 aromatic carbocycles. The Kier molecular flexibility index (Phi) is 14.4. The molecule has 48 heavy (non-hydrogen) atoms. The number of aliphatic carboxylic acids is 1. The Morgan fingerprint density at radius 2 is 1.33 bits per heavy atom. The number of hydrogen-bond acceptors (Lipinski definition) is 10. The number of carboxylic acids is 1. The second-order valence-electron chi connectivity index (χ2n) is 11.0. The highest BCUT2D eigenvalue weighted by Crippen LogP contribution is 2.19. The molecule has 2 rings (SSSR count). The standard InChI is InChI=1S/C29H40N8O11/c1-3-14(2)37-12-20(38)21(11-25(42)43)48-13-15-6-4-5-7-16(15)33-26(44)17(8-22(30)39)34-27(45)18(9-23(31)40)35-28(46)19(10-24(32)41)36-29(37)47/h4-7,14,17-19,21H,3,8-13H2,1-2H3,(H2,30,39)(H2,31,40)(H2,32,41)(H,33,44)(H,34,45)(H,35,46)(H,36,47)(H,42,43)/t14-,17?,18+,19?,21-/m1/s1. The van der Waals surface area contributed by atoms with Gasteiger partial charge in [0.15, 0.2) is 5.78 Å². The Balaban J connectivity index is 2.67. The largest absolute Gasteiger partial charge is 0.481 e. The summed E-state index contributed by atoms with van der Waals surface area (Å²) in [6.07, 6.45) is -4.39. The molecule has 0 saturated carbocycles. The third-order valence-electron chi connectivity index (χ3n) is 7.24. The molecule has 262 valence electrons. The number of fused-ring (bicyclic) bond motifs is 1. The van der Waals surface area contributed by atoms with E-state index in [-0.39, 0.29) is 11.3 Å². The van der Waals surface area contributed by atoms with E-state index in [0.29, 0.717) is 6.42 Å². The fourth-order valence-corrected chi connectivity index (χ4v) is 4.53.